The molecule has 1 aliphatic heterocycles. The molecular formula is C17H22FNO5. The van der Waals surface area contributed by atoms with Crippen LogP contribution in [0.3, 0.4) is 0 Å². The van der Waals surface area contributed by atoms with Gasteiger partial charge < -0.3 is 19.8 Å². The lowest BCUT2D eigenvalue weighted by Crippen LogP contribution is -2.57. The van der Waals surface area contributed by atoms with Crippen LogP contribution in [0, 0.1) is 11.2 Å². The first-order valence-electron chi connectivity index (χ1n) is 7.90. The molecule has 0 radical (unpaired) electrons. The van der Waals surface area contributed by atoms with Crippen LogP contribution >= 0.6 is 0 Å². The van der Waals surface area contributed by atoms with E-state index < -0.39 is 29.2 Å². The lowest BCUT2D eigenvalue weighted by atomic mass is 9.74. The van der Waals surface area contributed by atoms with E-state index in [0.717, 1.165) is 0 Å². The second-order valence-electron chi connectivity index (χ2n) is 6.06. The molecule has 24 heavy (non-hydrogen) atoms. The fourth-order valence-corrected chi connectivity index (χ4v) is 3.27. The molecule has 1 heterocycles. The molecule has 0 aromatic heterocycles. The summed E-state index contributed by atoms with van der Waals surface area (Å²) in [6.45, 7) is 1.85. The Morgan fingerprint density at radius 1 is 1.46 bits per heavy atom. The summed E-state index contributed by atoms with van der Waals surface area (Å²) in [5.41, 5.74) is -1.58. The van der Waals surface area contributed by atoms with Crippen LogP contribution in [0.5, 0.6) is 5.75 Å². The van der Waals surface area contributed by atoms with Gasteiger partial charge in [-0.05, 0) is 25.0 Å². The van der Waals surface area contributed by atoms with Gasteiger partial charge in [-0.15, -0.1) is 0 Å². The molecule has 0 aliphatic carbocycles. The van der Waals surface area contributed by atoms with Crippen LogP contribution in [0.4, 0.5) is 4.39 Å². The van der Waals surface area contributed by atoms with Crippen molar-refractivity contribution in [1.82, 2.24) is 4.90 Å². The van der Waals surface area contributed by atoms with Crippen molar-refractivity contribution in [2.75, 3.05) is 20.2 Å². The van der Waals surface area contributed by atoms with Crippen LogP contribution in [-0.2, 0) is 4.79 Å². The van der Waals surface area contributed by atoms with Gasteiger partial charge in [-0.3, -0.25) is 9.59 Å². The Hall–Kier alpha value is -2.15. The van der Waals surface area contributed by atoms with Crippen LogP contribution in [0.1, 0.15) is 36.5 Å². The van der Waals surface area contributed by atoms with Gasteiger partial charge >= 0.3 is 5.97 Å². The third-order valence-electron chi connectivity index (χ3n) is 4.61. The largest absolute Gasteiger partial charge is 0.494 e. The standard InChI is InChI=1S/C17H22FNO5/c1-3-8-17(16(22)23)10-19(9-7-13(17)20)15(21)11-5-4-6-12(24-2)14(11)18/h4-6,13,20H,3,7-10H2,1-2H3,(H,22,23)/t13-,17-/m1/s1. The van der Waals surface area contributed by atoms with Gasteiger partial charge in [-0.1, -0.05) is 19.4 Å². The number of methoxy groups -OCH3 is 1. The summed E-state index contributed by atoms with van der Waals surface area (Å²) in [5, 5.41) is 19.8. The van der Waals surface area contributed by atoms with Crippen molar-refractivity contribution in [1.29, 1.82) is 0 Å². The van der Waals surface area contributed by atoms with E-state index in [-0.39, 0.29) is 37.2 Å². The number of piperidine rings is 1. The number of ether oxygens (including phenoxy) is 1. The Balaban J connectivity index is 2.32. The summed E-state index contributed by atoms with van der Waals surface area (Å²) in [6, 6.07) is 4.25. The number of aliphatic hydroxyl groups is 1. The second-order valence-corrected chi connectivity index (χ2v) is 6.06. The zero-order valence-electron chi connectivity index (χ0n) is 13.8. The molecule has 1 saturated heterocycles. The van der Waals surface area contributed by atoms with E-state index in [4.69, 9.17) is 4.74 Å². The zero-order valence-corrected chi connectivity index (χ0v) is 13.8. The lowest BCUT2D eigenvalue weighted by molar-refractivity contribution is -0.162. The SMILES string of the molecule is CCC[C@@]1(C(=O)O)CN(C(=O)c2cccc(OC)c2F)CC[C@H]1O. The van der Waals surface area contributed by atoms with Gasteiger partial charge in [0.05, 0.1) is 18.8 Å². The molecule has 0 spiro atoms. The molecule has 1 fully saturated rings. The quantitative estimate of drug-likeness (QED) is 0.856. The molecule has 2 atom stereocenters. The number of hydrogen-bond donors (Lipinski definition) is 2. The van der Waals surface area contributed by atoms with Crippen molar-refractivity contribution in [2.45, 2.75) is 32.3 Å². The van der Waals surface area contributed by atoms with E-state index in [2.05, 4.69) is 0 Å². The fourth-order valence-electron chi connectivity index (χ4n) is 3.27. The number of amides is 1. The first-order chi connectivity index (χ1) is 11.4. The van der Waals surface area contributed by atoms with Gasteiger partial charge in [0.25, 0.3) is 5.91 Å². The van der Waals surface area contributed by atoms with Gasteiger partial charge in [0.2, 0.25) is 0 Å². The summed E-state index contributed by atoms with van der Waals surface area (Å²) in [5.74, 6) is -2.55. The first kappa shape index (κ1) is 18.2. The molecule has 1 aromatic rings. The highest BCUT2D eigenvalue weighted by Gasteiger charge is 2.49. The van der Waals surface area contributed by atoms with E-state index in [0.29, 0.717) is 6.42 Å². The zero-order chi connectivity index (χ0) is 17.9. The normalized spacial score (nSPS) is 23.8. The molecule has 1 aliphatic rings. The fraction of sp³-hybridized carbons (Fsp3) is 0.529. The van der Waals surface area contributed by atoms with Gasteiger partial charge in [-0.2, -0.15) is 0 Å². The monoisotopic (exact) mass is 339 g/mol. The maximum absolute atomic E-state index is 14.3. The second kappa shape index (κ2) is 7.17. The van der Waals surface area contributed by atoms with E-state index in [1.165, 1.54) is 30.2 Å². The maximum Gasteiger partial charge on any atom is 0.314 e. The predicted molar refractivity (Wildman–Crippen MR) is 84.5 cm³/mol. The number of halogens is 1. The number of carboxylic acids is 1. The van der Waals surface area contributed by atoms with Crippen molar-refractivity contribution in [3.8, 4) is 5.75 Å². The van der Waals surface area contributed by atoms with E-state index >= 15 is 0 Å². The van der Waals surface area contributed by atoms with Gasteiger partial charge in [0, 0.05) is 13.1 Å². The smallest absolute Gasteiger partial charge is 0.314 e. The Morgan fingerprint density at radius 3 is 2.75 bits per heavy atom. The molecule has 1 amide bonds. The highest BCUT2D eigenvalue weighted by atomic mass is 19.1. The predicted octanol–water partition coefficient (Wildman–Crippen LogP) is 1.91. The molecule has 2 N–H and O–H groups in total. The summed E-state index contributed by atoms with van der Waals surface area (Å²) in [4.78, 5) is 25.7. The van der Waals surface area contributed by atoms with Crippen molar-refractivity contribution in [3.05, 3.63) is 29.6 Å². The number of carboxylic acid groups (broad SMARTS) is 1. The van der Waals surface area contributed by atoms with E-state index in [9.17, 15) is 24.2 Å². The highest BCUT2D eigenvalue weighted by Crippen LogP contribution is 2.36. The molecule has 0 saturated carbocycles. The van der Waals surface area contributed by atoms with Crippen LogP contribution < -0.4 is 4.74 Å². The number of carbonyl (C=O) groups is 2. The summed E-state index contributed by atoms with van der Waals surface area (Å²) in [6.07, 6.45) is -0.0923. The number of hydrogen-bond acceptors (Lipinski definition) is 4. The molecular weight excluding hydrogens is 317 g/mol. The van der Waals surface area contributed by atoms with Crippen LogP contribution in [0.25, 0.3) is 0 Å². The van der Waals surface area contributed by atoms with Gasteiger partial charge in [0.1, 0.15) is 5.41 Å². The van der Waals surface area contributed by atoms with Crippen molar-refractivity contribution < 1.29 is 28.9 Å². The lowest BCUT2D eigenvalue weighted by Gasteiger charge is -2.43. The van der Waals surface area contributed by atoms with Crippen molar-refractivity contribution in [2.24, 2.45) is 5.41 Å². The molecule has 6 nitrogen and oxygen atoms in total. The number of aliphatic hydroxyl groups excluding tert-OH is 1. The third kappa shape index (κ3) is 3.08. The van der Waals surface area contributed by atoms with E-state index in [1.807, 2.05) is 6.92 Å². The minimum Gasteiger partial charge on any atom is -0.494 e. The van der Waals surface area contributed by atoms with E-state index in [1.54, 1.807) is 0 Å². The average Bonchev–Trinajstić information content (AvgIpc) is 2.56. The summed E-state index contributed by atoms with van der Waals surface area (Å²) in [7, 11) is 1.31. The molecule has 1 aromatic carbocycles. The molecule has 7 heteroatoms. The Labute approximate surface area is 139 Å². The summed E-state index contributed by atoms with van der Waals surface area (Å²) < 4.78 is 19.2. The molecule has 0 bridgehead atoms. The first-order valence-corrected chi connectivity index (χ1v) is 7.90. The molecule has 2 rings (SSSR count). The number of benzene rings is 1. The van der Waals surface area contributed by atoms with Crippen LogP contribution in [-0.4, -0.2) is 53.3 Å². The Kier molecular flexibility index (Phi) is 5.43. The van der Waals surface area contributed by atoms with Crippen molar-refractivity contribution >= 4 is 11.9 Å². The Bertz CT molecular complexity index is 635. The number of carbonyl (C=O) groups excluding carboxylic acids is 1. The van der Waals surface area contributed by atoms with Gasteiger partial charge in [-0.25, -0.2) is 4.39 Å². The minimum absolute atomic E-state index is 0.0454. The molecule has 132 valence electrons. The van der Waals surface area contributed by atoms with Crippen molar-refractivity contribution in [3.63, 3.8) is 0 Å². The van der Waals surface area contributed by atoms with Crippen LogP contribution in [0.15, 0.2) is 18.2 Å². The number of likely N-dealkylation sites (tertiary alicyclic amines) is 1. The minimum atomic E-state index is -1.42. The number of rotatable bonds is 5. The average molecular weight is 339 g/mol. The molecule has 0 unspecified atom stereocenters. The maximum atomic E-state index is 14.3. The highest BCUT2D eigenvalue weighted by molar-refractivity contribution is 5.95. The number of aliphatic carboxylic acids is 1. The van der Waals surface area contributed by atoms with Crippen LogP contribution in [0.2, 0.25) is 0 Å². The topological polar surface area (TPSA) is 87.1 Å². The van der Waals surface area contributed by atoms with Gasteiger partial charge in [0.15, 0.2) is 11.6 Å². The third-order valence-corrected chi connectivity index (χ3v) is 4.61. The Morgan fingerprint density at radius 2 is 2.17 bits per heavy atom. The summed E-state index contributed by atoms with van der Waals surface area (Å²) >= 11 is 0. The number of nitrogens with zero attached hydrogens (tertiary/aromatic N) is 1.